The molecule has 4 atom stereocenters. The number of nitrogens with one attached hydrogen (secondary N) is 3. The first-order valence-corrected chi connectivity index (χ1v) is 10.5. The predicted octanol–water partition coefficient (Wildman–Crippen LogP) is 1.83. The van der Waals surface area contributed by atoms with Crippen LogP contribution in [0.25, 0.3) is 6.08 Å². The summed E-state index contributed by atoms with van der Waals surface area (Å²) in [5.41, 5.74) is 0.879. The quantitative estimate of drug-likeness (QED) is 0.402. The Bertz CT molecular complexity index is 763. The first-order valence-electron chi connectivity index (χ1n) is 10.5. The molecule has 0 unspecified atom stereocenters. The smallest absolute Gasteiger partial charge is 0.244 e. The molecule has 3 amide bonds. The van der Waals surface area contributed by atoms with E-state index in [0.717, 1.165) is 12.0 Å². The summed E-state index contributed by atoms with van der Waals surface area (Å²) in [6.45, 7) is 4.45. The van der Waals surface area contributed by atoms with Gasteiger partial charge in [-0.2, -0.15) is 0 Å². The number of piperidine rings is 1. The lowest BCUT2D eigenvalue weighted by molar-refractivity contribution is -0.131. The van der Waals surface area contributed by atoms with E-state index in [4.69, 9.17) is 0 Å². The highest BCUT2D eigenvalue weighted by Gasteiger charge is 2.30. The molecule has 162 valence electrons. The highest BCUT2D eigenvalue weighted by Crippen LogP contribution is 2.17. The summed E-state index contributed by atoms with van der Waals surface area (Å²) in [4.78, 5) is 48.7. The van der Waals surface area contributed by atoms with Crippen molar-refractivity contribution in [2.75, 3.05) is 6.54 Å². The molecule has 0 radical (unpaired) electrons. The monoisotopic (exact) mass is 413 g/mol. The molecule has 0 spiro atoms. The average molecular weight is 414 g/mol. The number of benzene rings is 1. The Balaban J connectivity index is 1.99. The van der Waals surface area contributed by atoms with Crippen LogP contribution in [0, 0.1) is 11.8 Å². The Labute approximate surface area is 177 Å². The van der Waals surface area contributed by atoms with Gasteiger partial charge in [-0.3, -0.25) is 14.4 Å². The van der Waals surface area contributed by atoms with Gasteiger partial charge in [0.15, 0.2) is 0 Å². The van der Waals surface area contributed by atoms with Gasteiger partial charge in [-0.1, -0.05) is 50.6 Å². The fourth-order valence-corrected chi connectivity index (χ4v) is 3.43. The molecule has 1 aromatic carbocycles. The minimum Gasteiger partial charge on any atom is -0.356 e. The van der Waals surface area contributed by atoms with Crippen molar-refractivity contribution in [2.45, 2.75) is 51.6 Å². The van der Waals surface area contributed by atoms with E-state index in [2.05, 4.69) is 16.0 Å². The van der Waals surface area contributed by atoms with Crippen molar-refractivity contribution in [3.05, 3.63) is 42.0 Å². The molecule has 0 bridgehead atoms. The van der Waals surface area contributed by atoms with Crippen LogP contribution in [-0.2, 0) is 19.2 Å². The summed E-state index contributed by atoms with van der Waals surface area (Å²) in [6.07, 6.45) is 6.22. The Hall–Kier alpha value is -2.96. The third-order valence-electron chi connectivity index (χ3n) is 5.45. The standard InChI is InChI=1S/C23H31N3O4/c1-3-16(2)21(26-20(28)12-11-17-8-5-4-6-9-17)23(30)25-19(15-27)14-18-10-7-13-24-22(18)29/h4-6,8-9,11-12,15-16,18-19,21H,3,7,10,13-14H2,1-2H3,(H,24,29)(H,25,30)(H,26,28)/t16-,18-,19-,21-/m0/s1. The summed E-state index contributed by atoms with van der Waals surface area (Å²) < 4.78 is 0. The van der Waals surface area contributed by atoms with Crippen molar-refractivity contribution in [1.82, 2.24) is 16.0 Å². The summed E-state index contributed by atoms with van der Waals surface area (Å²) >= 11 is 0. The second kappa shape index (κ2) is 11.9. The molecular formula is C23H31N3O4. The molecule has 0 aromatic heterocycles. The van der Waals surface area contributed by atoms with Crippen molar-refractivity contribution in [3.63, 3.8) is 0 Å². The molecule has 7 nitrogen and oxygen atoms in total. The predicted molar refractivity (Wildman–Crippen MR) is 115 cm³/mol. The topological polar surface area (TPSA) is 104 Å². The number of rotatable bonds is 10. The van der Waals surface area contributed by atoms with Crippen LogP contribution in [0.1, 0.15) is 45.1 Å². The highest BCUT2D eigenvalue weighted by atomic mass is 16.2. The maximum atomic E-state index is 12.8. The zero-order valence-corrected chi connectivity index (χ0v) is 17.6. The number of carbonyl (C=O) groups excluding carboxylic acids is 4. The minimum atomic E-state index is -0.773. The van der Waals surface area contributed by atoms with Crippen LogP contribution >= 0.6 is 0 Å². The first-order chi connectivity index (χ1) is 14.4. The van der Waals surface area contributed by atoms with Crippen molar-refractivity contribution in [1.29, 1.82) is 0 Å². The van der Waals surface area contributed by atoms with E-state index in [0.29, 0.717) is 25.7 Å². The molecule has 0 aliphatic carbocycles. The van der Waals surface area contributed by atoms with Crippen molar-refractivity contribution in [2.24, 2.45) is 11.8 Å². The maximum Gasteiger partial charge on any atom is 0.244 e. The van der Waals surface area contributed by atoms with Crippen molar-refractivity contribution in [3.8, 4) is 0 Å². The highest BCUT2D eigenvalue weighted by molar-refractivity contribution is 5.96. The number of hydrogen-bond acceptors (Lipinski definition) is 4. The second-order valence-electron chi connectivity index (χ2n) is 7.73. The molecule has 1 saturated heterocycles. The van der Waals surface area contributed by atoms with Crippen LogP contribution in [-0.4, -0.2) is 42.6 Å². The normalized spacial score (nSPS) is 19.4. The third-order valence-corrected chi connectivity index (χ3v) is 5.45. The lowest BCUT2D eigenvalue weighted by atomic mass is 9.91. The minimum absolute atomic E-state index is 0.0832. The molecule has 30 heavy (non-hydrogen) atoms. The summed E-state index contributed by atoms with van der Waals surface area (Å²) in [5.74, 6) is -1.29. The van der Waals surface area contributed by atoms with Crippen LogP contribution < -0.4 is 16.0 Å². The first kappa shape index (κ1) is 23.3. The van der Waals surface area contributed by atoms with E-state index >= 15 is 0 Å². The molecule has 1 aromatic rings. The fraction of sp³-hybridized carbons (Fsp3) is 0.478. The third kappa shape index (κ3) is 7.13. The Morgan fingerprint density at radius 2 is 1.97 bits per heavy atom. The number of aldehydes is 1. The molecule has 2 rings (SSSR count). The zero-order valence-electron chi connectivity index (χ0n) is 17.6. The molecule has 1 aliphatic rings. The summed E-state index contributed by atoms with van der Waals surface area (Å²) in [7, 11) is 0. The van der Waals surface area contributed by atoms with Crippen LogP contribution in [0.5, 0.6) is 0 Å². The van der Waals surface area contributed by atoms with Gasteiger partial charge in [0.2, 0.25) is 17.7 Å². The molecule has 7 heteroatoms. The van der Waals surface area contributed by atoms with Gasteiger partial charge < -0.3 is 20.7 Å². The van der Waals surface area contributed by atoms with Crippen LogP contribution in [0.2, 0.25) is 0 Å². The lowest BCUT2D eigenvalue weighted by Crippen LogP contribution is -2.53. The van der Waals surface area contributed by atoms with Crippen molar-refractivity contribution >= 4 is 30.1 Å². The zero-order chi connectivity index (χ0) is 21.9. The molecule has 0 saturated carbocycles. The average Bonchev–Trinajstić information content (AvgIpc) is 2.77. The van der Waals surface area contributed by atoms with Gasteiger partial charge in [0.25, 0.3) is 0 Å². The van der Waals surface area contributed by atoms with Gasteiger partial charge in [-0.15, -0.1) is 0 Å². The van der Waals surface area contributed by atoms with Crippen LogP contribution in [0.4, 0.5) is 0 Å². The lowest BCUT2D eigenvalue weighted by Gasteiger charge is -2.27. The molecule has 3 N–H and O–H groups in total. The van der Waals surface area contributed by atoms with Gasteiger partial charge in [0, 0.05) is 18.5 Å². The fourth-order valence-electron chi connectivity index (χ4n) is 3.43. The van der Waals surface area contributed by atoms with Gasteiger partial charge in [-0.25, -0.2) is 0 Å². The van der Waals surface area contributed by atoms with E-state index in [1.54, 1.807) is 6.08 Å². The second-order valence-corrected chi connectivity index (χ2v) is 7.73. The van der Waals surface area contributed by atoms with E-state index in [1.165, 1.54) is 6.08 Å². The van der Waals surface area contributed by atoms with E-state index < -0.39 is 18.0 Å². The van der Waals surface area contributed by atoms with Crippen LogP contribution in [0.3, 0.4) is 0 Å². The Morgan fingerprint density at radius 3 is 2.60 bits per heavy atom. The maximum absolute atomic E-state index is 12.8. The Morgan fingerprint density at radius 1 is 1.23 bits per heavy atom. The molecular weight excluding hydrogens is 382 g/mol. The largest absolute Gasteiger partial charge is 0.356 e. The Kier molecular flexibility index (Phi) is 9.25. The summed E-state index contributed by atoms with van der Waals surface area (Å²) in [6, 6.07) is 7.84. The van der Waals surface area contributed by atoms with E-state index in [-0.39, 0.29) is 30.1 Å². The molecule has 1 heterocycles. The van der Waals surface area contributed by atoms with Gasteiger partial charge in [0.1, 0.15) is 12.3 Å². The number of hydrogen-bond donors (Lipinski definition) is 3. The van der Waals surface area contributed by atoms with Gasteiger partial charge in [-0.05, 0) is 36.8 Å². The SMILES string of the molecule is CC[C@H](C)[C@H](NC(=O)C=Cc1ccccc1)C(=O)N[C@H](C=O)C[C@@H]1CCCNC1=O. The van der Waals surface area contributed by atoms with Gasteiger partial charge >= 0.3 is 0 Å². The van der Waals surface area contributed by atoms with Crippen LogP contribution in [0.15, 0.2) is 36.4 Å². The summed E-state index contributed by atoms with van der Waals surface area (Å²) in [5, 5.41) is 8.24. The van der Waals surface area contributed by atoms with Gasteiger partial charge in [0.05, 0.1) is 6.04 Å². The number of amides is 3. The number of carbonyl (C=O) groups is 4. The molecule has 1 aliphatic heterocycles. The van der Waals surface area contributed by atoms with E-state index in [9.17, 15) is 19.2 Å². The van der Waals surface area contributed by atoms with E-state index in [1.807, 2.05) is 44.2 Å². The van der Waals surface area contributed by atoms with Crippen molar-refractivity contribution < 1.29 is 19.2 Å². The molecule has 1 fully saturated rings.